The van der Waals surface area contributed by atoms with Gasteiger partial charge in [0, 0.05) is 12.2 Å². The van der Waals surface area contributed by atoms with E-state index in [2.05, 4.69) is 16.9 Å². The number of hydrogen-bond acceptors (Lipinski definition) is 2. The molecule has 1 aromatic heterocycles. The van der Waals surface area contributed by atoms with Gasteiger partial charge in [-0.25, -0.2) is 0 Å². The molecule has 0 aliphatic heterocycles. The molecule has 0 amide bonds. The van der Waals surface area contributed by atoms with Crippen LogP contribution in [0.15, 0.2) is 30.5 Å². The fourth-order valence-electron chi connectivity index (χ4n) is 1.77. The van der Waals surface area contributed by atoms with Crippen LogP contribution in [0.5, 0.6) is 0 Å². The summed E-state index contributed by atoms with van der Waals surface area (Å²) in [5.74, 6) is 0. The van der Waals surface area contributed by atoms with Crippen molar-refractivity contribution >= 4 is 0 Å². The monoisotopic (exact) mass is 272 g/mol. The molecule has 0 aromatic carbocycles. The molecule has 1 N–H and O–H groups in total. The summed E-state index contributed by atoms with van der Waals surface area (Å²) in [5.41, 5.74) is 0.970. The van der Waals surface area contributed by atoms with Crippen molar-refractivity contribution in [1.29, 1.82) is 0 Å². The van der Waals surface area contributed by atoms with Gasteiger partial charge in [0.1, 0.15) is 0 Å². The number of rotatable bonds is 6. The second-order valence-electron chi connectivity index (χ2n) is 4.58. The zero-order chi connectivity index (χ0) is 14.5. The van der Waals surface area contributed by atoms with Crippen molar-refractivity contribution < 1.29 is 13.2 Å². The van der Waals surface area contributed by atoms with Crippen LogP contribution in [0.3, 0.4) is 0 Å². The van der Waals surface area contributed by atoms with E-state index < -0.39 is 11.7 Å². The summed E-state index contributed by atoms with van der Waals surface area (Å²) in [7, 11) is 0. The Bertz CT molecular complexity index is 410. The number of nitrogens with zero attached hydrogens (tertiary/aromatic N) is 1. The third kappa shape index (κ3) is 5.03. The molecule has 1 unspecified atom stereocenters. The molecule has 1 rings (SSSR count). The molecular formula is C14H19F3N2. The lowest BCUT2D eigenvalue weighted by Crippen LogP contribution is -2.22. The Morgan fingerprint density at radius 1 is 1.42 bits per heavy atom. The molecule has 1 aromatic rings. The van der Waals surface area contributed by atoms with Crippen LogP contribution >= 0.6 is 0 Å². The molecule has 0 saturated heterocycles. The van der Waals surface area contributed by atoms with Crippen LogP contribution in [-0.2, 0) is 6.18 Å². The van der Waals surface area contributed by atoms with Gasteiger partial charge in [-0.15, -0.1) is 6.58 Å². The minimum atomic E-state index is -4.34. The normalized spacial score (nSPS) is 13.3. The Hall–Kier alpha value is -1.36. The highest BCUT2D eigenvalue weighted by Gasteiger charge is 2.30. The number of alkyl halides is 3. The summed E-state index contributed by atoms with van der Waals surface area (Å²) in [4.78, 5) is 3.93. The van der Waals surface area contributed by atoms with E-state index in [1.807, 2.05) is 13.8 Å². The van der Waals surface area contributed by atoms with Crippen molar-refractivity contribution in [2.45, 2.75) is 38.9 Å². The average Bonchev–Trinajstić information content (AvgIpc) is 2.33. The standard InChI is InChI=1S/C14H19F3N2/c1-4-18-12(7-5-10(2)3)13-8-6-11(9-19-13)14(15,16)17/h6,8-9,12,18H,2,4-5,7H2,1,3H3. The van der Waals surface area contributed by atoms with E-state index in [-0.39, 0.29) is 6.04 Å². The molecule has 0 fully saturated rings. The van der Waals surface area contributed by atoms with E-state index in [1.165, 1.54) is 6.07 Å². The predicted molar refractivity (Wildman–Crippen MR) is 69.7 cm³/mol. The summed E-state index contributed by atoms with van der Waals surface area (Å²) >= 11 is 0. The van der Waals surface area contributed by atoms with Crippen LogP contribution in [0, 0.1) is 0 Å². The largest absolute Gasteiger partial charge is 0.417 e. The topological polar surface area (TPSA) is 24.9 Å². The fourth-order valence-corrected chi connectivity index (χ4v) is 1.77. The van der Waals surface area contributed by atoms with Crippen LogP contribution in [0.4, 0.5) is 13.2 Å². The highest BCUT2D eigenvalue weighted by Crippen LogP contribution is 2.29. The minimum absolute atomic E-state index is 0.0380. The first-order chi connectivity index (χ1) is 8.84. The molecule has 5 heteroatoms. The molecule has 1 heterocycles. The fraction of sp³-hybridized carbons (Fsp3) is 0.500. The Labute approximate surface area is 111 Å². The van der Waals surface area contributed by atoms with E-state index in [0.717, 1.165) is 37.2 Å². The smallest absolute Gasteiger partial charge is 0.309 e. The molecule has 0 aliphatic rings. The summed E-state index contributed by atoms with van der Waals surface area (Å²) in [6.07, 6.45) is -1.85. The molecule has 2 nitrogen and oxygen atoms in total. The lowest BCUT2D eigenvalue weighted by atomic mass is 10.0. The zero-order valence-electron chi connectivity index (χ0n) is 11.2. The van der Waals surface area contributed by atoms with Gasteiger partial charge < -0.3 is 5.32 Å². The van der Waals surface area contributed by atoms with Crippen LogP contribution in [0.1, 0.15) is 44.0 Å². The predicted octanol–water partition coefficient (Wildman–Crippen LogP) is 4.11. The van der Waals surface area contributed by atoms with Crippen molar-refractivity contribution in [2.24, 2.45) is 0 Å². The van der Waals surface area contributed by atoms with Crippen LogP contribution < -0.4 is 5.32 Å². The van der Waals surface area contributed by atoms with Gasteiger partial charge in [-0.3, -0.25) is 4.98 Å². The number of nitrogens with one attached hydrogen (secondary N) is 1. The van der Waals surface area contributed by atoms with Crippen molar-refractivity contribution in [3.05, 3.63) is 41.7 Å². The maximum absolute atomic E-state index is 12.5. The van der Waals surface area contributed by atoms with Gasteiger partial charge in [0.15, 0.2) is 0 Å². The Morgan fingerprint density at radius 2 is 2.11 bits per heavy atom. The Kier molecular flexibility index (Phi) is 5.54. The lowest BCUT2D eigenvalue weighted by Gasteiger charge is -2.18. The third-order valence-electron chi connectivity index (χ3n) is 2.78. The average molecular weight is 272 g/mol. The Balaban J connectivity index is 2.82. The SMILES string of the molecule is C=C(C)CCC(NCC)c1ccc(C(F)(F)F)cn1. The zero-order valence-corrected chi connectivity index (χ0v) is 11.2. The van der Waals surface area contributed by atoms with Gasteiger partial charge in [-0.1, -0.05) is 12.5 Å². The Morgan fingerprint density at radius 3 is 2.53 bits per heavy atom. The molecule has 1 atom stereocenters. The van der Waals surface area contributed by atoms with E-state index >= 15 is 0 Å². The molecule has 0 aliphatic carbocycles. The van der Waals surface area contributed by atoms with Crippen LogP contribution in [-0.4, -0.2) is 11.5 Å². The first-order valence-corrected chi connectivity index (χ1v) is 6.25. The van der Waals surface area contributed by atoms with E-state index in [9.17, 15) is 13.2 Å². The highest BCUT2D eigenvalue weighted by molar-refractivity contribution is 5.19. The van der Waals surface area contributed by atoms with E-state index in [0.29, 0.717) is 5.69 Å². The summed E-state index contributed by atoms with van der Waals surface area (Å²) in [6.45, 7) is 8.46. The van der Waals surface area contributed by atoms with Gasteiger partial charge in [-0.05, 0) is 38.4 Å². The number of allylic oxidation sites excluding steroid dienone is 1. The third-order valence-corrected chi connectivity index (χ3v) is 2.78. The van der Waals surface area contributed by atoms with Gasteiger partial charge in [-0.2, -0.15) is 13.2 Å². The van der Waals surface area contributed by atoms with Gasteiger partial charge >= 0.3 is 6.18 Å². The second-order valence-corrected chi connectivity index (χ2v) is 4.58. The molecule has 106 valence electrons. The first kappa shape index (κ1) is 15.7. The van der Waals surface area contributed by atoms with E-state index in [1.54, 1.807) is 0 Å². The molecule has 0 bridgehead atoms. The second kappa shape index (κ2) is 6.70. The van der Waals surface area contributed by atoms with Crippen LogP contribution in [0.25, 0.3) is 0 Å². The summed E-state index contributed by atoms with van der Waals surface area (Å²) in [5, 5.41) is 3.23. The molecule has 0 spiro atoms. The molecule has 0 saturated carbocycles. The quantitative estimate of drug-likeness (QED) is 0.788. The number of pyridine rings is 1. The summed E-state index contributed by atoms with van der Waals surface area (Å²) < 4.78 is 37.4. The van der Waals surface area contributed by atoms with Crippen molar-refractivity contribution in [1.82, 2.24) is 10.3 Å². The van der Waals surface area contributed by atoms with Gasteiger partial charge in [0.2, 0.25) is 0 Å². The maximum Gasteiger partial charge on any atom is 0.417 e. The van der Waals surface area contributed by atoms with Crippen molar-refractivity contribution in [2.75, 3.05) is 6.54 Å². The summed E-state index contributed by atoms with van der Waals surface area (Å²) in [6, 6.07) is 2.48. The number of aromatic nitrogens is 1. The van der Waals surface area contributed by atoms with Gasteiger partial charge in [0.25, 0.3) is 0 Å². The highest BCUT2D eigenvalue weighted by atomic mass is 19.4. The van der Waals surface area contributed by atoms with Crippen molar-refractivity contribution in [3.8, 4) is 0 Å². The molecule has 0 radical (unpaired) electrons. The van der Waals surface area contributed by atoms with Crippen molar-refractivity contribution in [3.63, 3.8) is 0 Å². The van der Waals surface area contributed by atoms with Crippen LogP contribution in [0.2, 0.25) is 0 Å². The number of halogens is 3. The van der Waals surface area contributed by atoms with E-state index in [4.69, 9.17) is 0 Å². The molecular weight excluding hydrogens is 253 g/mol. The minimum Gasteiger partial charge on any atom is -0.309 e. The number of hydrogen-bond donors (Lipinski definition) is 1. The lowest BCUT2D eigenvalue weighted by molar-refractivity contribution is -0.137. The maximum atomic E-state index is 12.5. The first-order valence-electron chi connectivity index (χ1n) is 6.25. The van der Waals surface area contributed by atoms with Gasteiger partial charge in [0.05, 0.1) is 11.3 Å². The molecule has 19 heavy (non-hydrogen) atoms.